The van der Waals surface area contributed by atoms with Crippen molar-refractivity contribution in [3.8, 4) is 0 Å². The van der Waals surface area contributed by atoms with Gasteiger partial charge in [0.1, 0.15) is 0 Å². The lowest BCUT2D eigenvalue weighted by molar-refractivity contribution is 0.296. The molecular formula is C17H24N2OS. The van der Waals surface area contributed by atoms with Crippen molar-refractivity contribution in [3.63, 3.8) is 0 Å². The normalized spacial score (nSPS) is 18.0. The van der Waals surface area contributed by atoms with Crippen LogP contribution in [0, 0.1) is 0 Å². The highest BCUT2D eigenvalue weighted by Gasteiger charge is 2.23. The first kappa shape index (κ1) is 14.9. The molecule has 0 saturated carbocycles. The number of aliphatic hydroxyl groups is 1. The van der Waals surface area contributed by atoms with Gasteiger partial charge in [-0.05, 0) is 43.1 Å². The van der Waals surface area contributed by atoms with Gasteiger partial charge in [0.2, 0.25) is 0 Å². The molecule has 3 N–H and O–H groups in total. The van der Waals surface area contributed by atoms with Gasteiger partial charge in [0.05, 0.1) is 0 Å². The molecule has 2 aromatic rings. The Morgan fingerprint density at radius 3 is 3.10 bits per heavy atom. The van der Waals surface area contributed by atoms with Gasteiger partial charge in [-0.3, -0.25) is 0 Å². The topological polar surface area (TPSA) is 48.0 Å². The highest BCUT2D eigenvalue weighted by Crippen LogP contribution is 2.34. The van der Waals surface area contributed by atoms with Crippen LogP contribution in [0.4, 0.5) is 0 Å². The Balaban J connectivity index is 1.61. The number of aromatic nitrogens is 1. The van der Waals surface area contributed by atoms with E-state index in [0.717, 1.165) is 24.5 Å². The number of hydrogen-bond donors (Lipinski definition) is 3. The number of aliphatic hydroxyl groups excluding tert-OH is 1. The predicted molar refractivity (Wildman–Crippen MR) is 91.0 cm³/mol. The van der Waals surface area contributed by atoms with Crippen molar-refractivity contribution in [3.05, 3.63) is 35.5 Å². The molecule has 1 aliphatic rings. The maximum absolute atomic E-state index is 8.77. The number of hydrogen-bond acceptors (Lipinski definition) is 3. The number of aryl methyl sites for hydroxylation is 1. The molecule has 1 aliphatic carbocycles. The highest BCUT2D eigenvalue weighted by atomic mass is 32.2. The van der Waals surface area contributed by atoms with Gasteiger partial charge in [-0.25, -0.2) is 0 Å². The molecule has 3 rings (SSSR count). The van der Waals surface area contributed by atoms with E-state index in [9.17, 15) is 0 Å². The molecule has 4 heteroatoms. The van der Waals surface area contributed by atoms with Crippen molar-refractivity contribution in [1.29, 1.82) is 0 Å². The summed E-state index contributed by atoms with van der Waals surface area (Å²) in [5.74, 6) is 2.17. The van der Waals surface area contributed by atoms with E-state index in [2.05, 4.69) is 34.6 Å². The molecular weight excluding hydrogens is 280 g/mol. The van der Waals surface area contributed by atoms with E-state index in [0.29, 0.717) is 12.6 Å². The molecule has 0 bridgehead atoms. The number of fused-ring (bicyclic) bond motifs is 3. The average molecular weight is 304 g/mol. The molecule has 21 heavy (non-hydrogen) atoms. The maximum Gasteiger partial charge on any atom is 0.0476 e. The second-order valence-corrected chi connectivity index (χ2v) is 6.88. The lowest BCUT2D eigenvalue weighted by Crippen LogP contribution is -2.27. The molecule has 114 valence electrons. The molecule has 1 aromatic carbocycles. The van der Waals surface area contributed by atoms with Crippen LogP contribution in [-0.4, -0.2) is 34.7 Å². The zero-order valence-electron chi connectivity index (χ0n) is 12.4. The summed E-state index contributed by atoms with van der Waals surface area (Å²) in [6.07, 6.45) is 4.59. The van der Waals surface area contributed by atoms with Gasteiger partial charge >= 0.3 is 0 Å². The largest absolute Gasteiger partial charge is 0.396 e. The minimum atomic E-state index is 0.307. The van der Waals surface area contributed by atoms with E-state index < -0.39 is 0 Å². The number of para-hydroxylation sites is 1. The van der Waals surface area contributed by atoms with Gasteiger partial charge in [-0.2, -0.15) is 11.8 Å². The molecule has 1 unspecified atom stereocenters. The van der Waals surface area contributed by atoms with Gasteiger partial charge in [0.15, 0.2) is 0 Å². The van der Waals surface area contributed by atoms with Crippen LogP contribution in [0.5, 0.6) is 0 Å². The summed E-state index contributed by atoms with van der Waals surface area (Å²) in [6, 6.07) is 9.11. The van der Waals surface area contributed by atoms with Gasteiger partial charge in [-0.1, -0.05) is 18.2 Å². The van der Waals surface area contributed by atoms with Gasteiger partial charge in [-0.15, -0.1) is 0 Å². The van der Waals surface area contributed by atoms with E-state index >= 15 is 0 Å². The highest BCUT2D eigenvalue weighted by molar-refractivity contribution is 7.99. The number of aromatic amines is 1. The van der Waals surface area contributed by atoms with Crippen molar-refractivity contribution < 1.29 is 5.11 Å². The molecule has 0 aliphatic heterocycles. The molecule has 3 nitrogen and oxygen atoms in total. The molecule has 0 spiro atoms. The van der Waals surface area contributed by atoms with E-state index in [-0.39, 0.29) is 0 Å². The fraction of sp³-hybridized carbons (Fsp3) is 0.529. The molecule has 0 radical (unpaired) electrons. The van der Waals surface area contributed by atoms with Crippen molar-refractivity contribution in [2.75, 3.05) is 24.7 Å². The Hall–Kier alpha value is -0.970. The van der Waals surface area contributed by atoms with Crippen LogP contribution < -0.4 is 5.32 Å². The minimum absolute atomic E-state index is 0.307. The van der Waals surface area contributed by atoms with Crippen LogP contribution >= 0.6 is 11.8 Å². The number of thioether (sulfide) groups is 1. The zero-order valence-corrected chi connectivity index (χ0v) is 13.2. The van der Waals surface area contributed by atoms with Crippen LogP contribution in [0.1, 0.15) is 36.6 Å². The summed E-state index contributed by atoms with van der Waals surface area (Å²) in [5.41, 5.74) is 4.19. The minimum Gasteiger partial charge on any atom is -0.396 e. The summed E-state index contributed by atoms with van der Waals surface area (Å²) in [7, 11) is 0. The van der Waals surface area contributed by atoms with Gasteiger partial charge in [0, 0.05) is 41.5 Å². The van der Waals surface area contributed by atoms with Crippen molar-refractivity contribution in [2.45, 2.75) is 31.7 Å². The van der Waals surface area contributed by atoms with Gasteiger partial charge in [0.25, 0.3) is 0 Å². The number of nitrogens with one attached hydrogen (secondary N) is 2. The summed E-state index contributed by atoms with van der Waals surface area (Å²) >= 11 is 1.92. The van der Waals surface area contributed by atoms with Gasteiger partial charge < -0.3 is 15.4 Å². The van der Waals surface area contributed by atoms with E-state index in [1.54, 1.807) is 0 Å². The van der Waals surface area contributed by atoms with E-state index in [4.69, 9.17) is 5.11 Å². The summed E-state index contributed by atoms with van der Waals surface area (Å²) in [5, 5.41) is 13.9. The van der Waals surface area contributed by atoms with Crippen LogP contribution in [0.2, 0.25) is 0 Å². The number of rotatable bonds is 7. The summed E-state index contributed by atoms with van der Waals surface area (Å²) < 4.78 is 0. The van der Waals surface area contributed by atoms with E-state index in [1.807, 2.05) is 11.8 Å². The zero-order chi connectivity index (χ0) is 14.5. The smallest absolute Gasteiger partial charge is 0.0476 e. The van der Waals surface area contributed by atoms with Crippen LogP contribution in [0.25, 0.3) is 10.9 Å². The Labute approximate surface area is 130 Å². The van der Waals surface area contributed by atoms with Crippen molar-refractivity contribution in [1.82, 2.24) is 10.3 Å². The lowest BCUT2D eigenvalue weighted by Gasteiger charge is -2.24. The summed E-state index contributed by atoms with van der Waals surface area (Å²) in [4.78, 5) is 3.62. The first-order valence-corrected chi connectivity index (χ1v) is 9.07. The summed E-state index contributed by atoms with van der Waals surface area (Å²) in [6.45, 7) is 1.34. The quantitative estimate of drug-likeness (QED) is 0.688. The SMILES string of the molecule is OCCCSCCNC1CCCc2c1[nH]c1ccccc21. The Bertz CT molecular complexity index is 581. The average Bonchev–Trinajstić information content (AvgIpc) is 2.90. The predicted octanol–water partition coefficient (Wildman–Crippen LogP) is 3.25. The fourth-order valence-corrected chi connectivity index (χ4v) is 3.99. The second kappa shape index (κ2) is 7.34. The molecule has 1 atom stereocenters. The third kappa shape index (κ3) is 3.44. The van der Waals surface area contributed by atoms with Crippen LogP contribution in [-0.2, 0) is 6.42 Å². The Kier molecular flexibility index (Phi) is 5.22. The molecule has 1 heterocycles. The first-order valence-electron chi connectivity index (χ1n) is 7.91. The lowest BCUT2D eigenvalue weighted by atomic mass is 9.92. The number of benzene rings is 1. The van der Waals surface area contributed by atoms with Crippen molar-refractivity contribution in [2.24, 2.45) is 0 Å². The molecule has 0 fully saturated rings. The second-order valence-electron chi connectivity index (χ2n) is 5.65. The standard InChI is InChI=1S/C17H24N2OS/c20-10-4-11-21-12-9-18-16-8-3-6-14-13-5-1-2-7-15(13)19-17(14)16/h1-2,5,7,16,18-20H,3-4,6,8-12H2. The van der Waals surface area contributed by atoms with Crippen LogP contribution in [0.3, 0.4) is 0 Å². The Morgan fingerprint density at radius 1 is 1.29 bits per heavy atom. The van der Waals surface area contributed by atoms with Crippen molar-refractivity contribution >= 4 is 22.7 Å². The molecule has 0 saturated heterocycles. The Morgan fingerprint density at radius 2 is 2.19 bits per heavy atom. The fourth-order valence-electron chi connectivity index (χ4n) is 3.19. The maximum atomic E-state index is 8.77. The molecule has 1 aromatic heterocycles. The monoisotopic (exact) mass is 304 g/mol. The van der Waals surface area contributed by atoms with Crippen LogP contribution in [0.15, 0.2) is 24.3 Å². The first-order chi connectivity index (χ1) is 10.4. The number of H-pyrrole nitrogens is 1. The third-order valence-corrected chi connectivity index (χ3v) is 5.27. The molecule has 0 amide bonds. The third-order valence-electron chi connectivity index (χ3n) is 4.20. The van der Waals surface area contributed by atoms with E-state index in [1.165, 1.54) is 41.4 Å².